The van der Waals surface area contributed by atoms with Gasteiger partial charge in [0.15, 0.2) is 6.29 Å². The third-order valence-corrected chi connectivity index (χ3v) is 3.18. The van der Waals surface area contributed by atoms with Gasteiger partial charge in [-0.05, 0) is 29.3 Å². The zero-order chi connectivity index (χ0) is 13.1. The molecule has 0 N–H and O–H groups in total. The van der Waals surface area contributed by atoms with Gasteiger partial charge in [0.2, 0.25) is 0 Å². The molecule has 3 rings (SSSR count). The number of hydrogen-bond acceptors (Lipinski definition) is 3. The molecule has 0 saturated carbocycles. The standard InChI is InChI=1S/C16H16O3/c1-17-15-7-3-5-13(11-15)12-4-2-6-14(10-12)16-18-8-9-19-16/h2-7,10-11,16H,8-9H2,1H3. The molecule has 0 radical (unpaired) electrons. The second kappa shape index (κ2) is 5.43. The average molecular weight is 256 g/mol. The van der Waals surface area contributed by atoms with Crippen LogP contribution in [0.3, 0.4) is 0 Å². The minimum atomic E-state index is -0.231. The summed E-state index contributed by atoms with van der Waals surface area (Å²) in [6, 6.07) is 16.3. The van der Waals surface area contributed by atoms with E-state index >= 15 is 0 Å². The highest BCUT2D eigenvalue weighted by Crippen LogP contribution is 2.29. The Kier molecular flexibility index (Phi) is 3.49. The Bertz CT molecular complexity index is 559. The fourth-order valence-electron chi connectivity index (χ4n) is 2.22. The molecule has 1 saturated heterocycles. The van der Waals surface area contributed by atoms with Crippen molar-refractivity contribution < 1.29 is 14.2 Å². The van der Waals surface area contributed by atoms with E-state index in [0.29, 0.717) is 13.2 Å². The minimum Gasteiger partial charge on any atom is -0.497 e. The summed E-state index contributed by atoms with van der Waals surface area (Å²) in [6.45, 7) is 1.32. The predicted octanol–water partition coefficient (Wildman–Crippen LogP) is 3.41. The molecular formula is C16H16O3. The summed E-state index contributed by atoms with van der Waals surface area (Å²) >= 11 is 0. The first kappa shape index (κ1) is 12.2. The zero-order valence-corrected chi connectivity index (χ0v) is 10.8. The first-order valence-electron chi connectivity index (χ1n) is 6.34. The summed E-state index contributed by atoms with van der Waals surface area (Å²) in [6.07, 6.45) is -0.231. The molecule has 2 aromatic rings. The van der Waals surface area contributed by atoms with Gasteiger partial charge < -0.3 is 14.2 Å². The van der Waals surface area contributed by atoms with Gasteiger partial charge in [-0.1, -0.05) is 30.3 Å². The number of rotatable bonds is 3. The van der Waals surface area contributed by atoms with Crippen LogP contribution in [0.15, 0.2) is 48.5 Å². The quantitative estimate of drug-likeness (QED) is 0.842. The van der Waals surface area contributed by atoms with Crippen LogP contribution in [-0.2, 0) is 9.47 Å². The summed E-state index contributed by atoms with van der Waals surface area (Å²) < 4.78 is 16.3. The van der Waals surface area contributed by atoms with Crippen LogP contribution >= 0.6 is 0 Å². The lowest BCUT2D eigenvalue weighted by atomic mass is 10.0. The lowest BCUT2D eigenvalue weighted by molar-refractivity contribution is -0.0440. The molecule has 0 aromatic heterocycles. The number of benzene rings is 2. The van der Waals surface area contributed by atoms with E-state index in [0.717, 1.165) is 22.4 Å². The molecule has 19 heavy (non-hydrogen) atoms. The number of methoxy groups -OCH3 is 1. The fraction of sp³-hybridized carbons (Fsp3) is 0.250. The van der Waals surface area contributed by atoms with Crippen LogP contribution in [0.2, 0.25) is 0 Å². The van der Waals surface area contributed by atoms with Gasteiger partial charge in [-0.3, -0.25) is 0 Å². The van der Waals surface area contributed by atoms with Crippen LogP contribution < -0.4 is 4.74 Å². The van der Waals surface area contributed by atoms with E-state index in [-0.39, 0.29) is 6.29 Å². The SMILES string of the molecule is COc1cccc(-c2cccc(C3OCCO3)c2)c1. The fourth-order valence-corrected chi connectivity index (χ4v) is 2.22. The largest absolute Gasteiger partial charge is 0.497 e. The van der Waals surface area contributed by atoms with E-state index in [1.165, 1.54) is 0 Å². The van der Waals surface area contributed by atoms with Crippen molar-refractivity contribution in [1.29, 1.82) is 0 Å². The van der Waals surface area contributed by atoms with Gasteiger partial charge in [-0.25, -0.2) is 0 Å². The van der Waals surface area contributed by atoms with Crippen molar-refractivity contribution in [1.82, 2.24) is 0 Å². The Hall–Kier alpha value is -1.84. The van der Waals surface area contributed by atoms with Gasteiger partial charge in [0, 0.05) is 5.56 Å². The molecule has 3 nitrogen and oxygen atoms in total. The molecule has 1 aliphatic heterocycles. The zero-order valence-electron chi connectivity index (χ0n) is 10.8. The maximum absolute atomic E-state index is 5.53. The second-order valence-electron chi connectivity index (χ2n) is 4.43. The molecule has 1 fully saturated rings. The number of ether oxygens (including phenoxy) is 3. The summed E-state index contributed by atoms with van der Waals surface area (Å²) in [5.41, 5.74) is 3.31. The molecule has 0 aliphatic carbocycles. The number of hydrogen-bond donors (Lipinski definition) is 0. The van der Waals surface area contributed by atoms with E-state index in [1.54, 1.807) is 7.11 Å². The highest BCUT2D eigenvalue weighted by molar-refractivity contribution is 5.65. The monoisotopic (exact) mass is 256 g/mol. The van der Waals surface area contributed by atoms with Crippen LogP contribution in [0.25, 0.3) is 11.1 Å². The summed E-state index contributed by atoms with van der Waals surface area (Å²) in [7, 11) is 1.68. The smallest absolute Gasteiger partial charge is 0.184 e. The van der Waals surface area contributed by atoms with Crippen molar-refractivity contribution in [2.45, 2.75) is 6.29 Å². The van der Waals surface area contributed by atoms with Gasteiger partial charge in [0.1, 0.15) is 5.75 Å². The van der Waals surface area contributed by atoms with Crippen molar-refractivity contribution >= 4 is 0 Å². The van der Waals surface area contributed by atoms with Crippen LogP contribution in [-0.4, -0.2) is 20.3 Å². The van der Waals surface area contributed by atoms with Crippen molar-refractivity contribution in [2.75, 3.05) is 20.3 Å². The molecule has 0 amide bonds. The lowest BCUT2D eigenvalue weighted by Gasteiger charge is -2.11. The van der Waals surface area contributed by atoms with E-state index in [4.69, 9.17) is 14.2 Å². The molecule has 2 aromatic carbocycles. The van der Waals surface area contributed by atoms with Gasteiger partial charge in [0.05, 0.1) is 20.3 Å². The Balaban J connectivity index is 1.93. The van der Waals surface area contributed by atoms with Crippen LogP contribution in [0.4, 0.5) is 0 Å². The van der Waals surface area contributed by atoms with Crippen molar-refractivity contribution in [3.63, 3.8) is 0 Å². The Morgan fingerprint density at radius 3 is 2.37 bits per heavy atom. The summed E-state index contributed by atoms with van der Waals surface area (Å²) in [5, 5.41) is 0. The normalized spacial score (nSPS) is 15.6. The summed E-state index contributed by atoms with van der Waals surface area (Å²) in [5.74, 6) is 0.858. The molecule has 0 spiro atoms. The van der Waals surface area contributed by atoms with Crippen molar-refractivity contribution in [3.8, 4) is 16.9 Å². The molecular weight excluding hydrogens is 240 g/mol. The van der Waals surface area contributed by atoms with Gasteiger partial charge in [-0.15, -0.1) is 0 Å². The highest BCUT2D eigenvalue weighted by Gasteiger charge is 2.18. The van der Waals surface area contributed by atoms with Gasteiger partial charge >= 0.3 is 0 Å². The predicted molar refractivity (Wildman–Crippen MR) is 73.1 cm³/mol. The van der Waals surface area contributed by atoms with Crippen molar-refractivity contribution in [3.05, 3.63) is 54.1 Å². The van der Waals surface area contributed by atoms with Crippen LogP contribution in [0, 0.1) is 0 Å². The van der Waals surface area contributed by atoms with Gasteiger partial charge in [-0.2, -0.15) is 0 Å². The second-order valence-corrected chi connectivity index (χ2v) is 4.43. The third-order valence-electron chi connectivity index (χ3n) is 3.18. The van der Waals surface area contributed by atoms with E-state index < -0.39 is 0 Å². The third kappa shape index (κ3) is 2.62. The van der Waals surface area contributed by atoms with E-state index in [1.807, 2.05) is 30.3 Å². The Morgan fingerprint density at radius 2 is 1.63 bits per heavy atom. The molecule has 1 aliphatic rings. The first-order chi connectivity index (χ1) is 9.36. The molecule has 0 bridgehead atoms. The highest BCUT2D eigenvalue weighted by atomic mass is 16.7. The van der Waals surface area contributed by atoms with Crippen LogP contribution in [0.1, 0.15) is 11.9 Å². The topological polar surface area (TPSA) is 27.7 Å². The molecule has 1 heterocycles. The maximum Gasteiger partial charge on any atom is 0.184 e. The van der Waals surface area contributed by atoms with E-state index in [2.05, 4.69) is 18.2 Å². The minimum absolute atomic E-state index is 0.231. The first-order valence-corrected chi connectivity index (χ1v) is 6.34. The van der Waals surface area contributed by atoms with Crippen LogP contribution in [0.5, 0.6) is 5.75 Å². The van der Waals surface area contributed by atoms with E-state index in [9.17, 15) is 0 Å². The summed E-state index contributed by atoms with van der Waals surface area (Å²) in [4.78, 5) is 0. The Labute approximate surface area is 112 Å². The van der Waals surface area contributed by atoms with Gasteiger partial charge in [0.25, 0.3) is 0 Å². The average Bonchev–Trinajstić information content (AvgIpc) is 3.02. The van der Waals surface area contributed by atoms with Crippen molar-refractivity contribution in [2.24, 2.45) is 0 Å². The molecule has 0 unspecified atom stereocenters. The lowest BCUT2D eigenvalue weighted by Crippen LogP contribution is -1.97. The molecule has 3 heteroatoms. The molecule has 98 valence electrons. The molecule has 0 atom stereocenters. The maximum atomic E-state index is 5.53. The Morgan fingerprint density at radius 1 is 0.947 bits per heavy atom.